The van der Waals surface area contributed by atoms with Gasteiger partial charge in [-0.2, -0.15) is 0 Å². The maximum atomic E-state index is 12.6. The van der Waals surface area contributed by atoms with Crippen molar-refractivity contribution >= 4 is 63.7 Å². The van der Waals surface area contributed by atoms with Crippen LogP contribution >= 0.6 is 35.4 Å². The number of rotatable bonds is 5. The average Bonchev–Trinajstić information content (AvgIpc) is 3.36. The molecule has 2 aromatic carbocycles. The van der Waals surface area contributed by atoms with Gasteiger partial charge in [-0.3, -0.25) is 14.9 Å². The molecule has 0 bridgehead atoms. The van der Waals surface area contributed by atoms with E-state index >= 15 is 0 Å². The van der Waals surface area contributed by atoms with Crippen LogP contribution < -0.4 is 15.5 Å². The maximum absolute atomic E-state index is 12.6. The predicted molar refractivity (Wildman–Crippen MR) is 148 cm³/mol. The number of hydrogen-bond acceptors (Lipinski definition) is 5. The first-order valence-corrected chi connectivity index (χ1v) is 12.7. The first kappa shape index (κ1) is 26.0. The van der Waals surface area contributed by atoms with E-state index in [1.54, 1.807) is 30.3 Å². The van der Waals surface area contributed by atoms with Gasteiger partial charge in [-0.1, -0.05) is 37.0 Å². The van der Waals surface area contributed by atoms with E-state index in [1.807, 2.05) is 43.0 Å². The van der Waals surface area contributed by atoms with Gasteiger partial charge in [0.25, 0.3) is 5.91 Å². The second-order valence-corrected chi connectivity index (χ2v) is 9.96. The van der Waals surface area contributed by atoms with Gasteiger partial charge in [0, 0.05) is 54.1 Å². The number of nitrogens with one attached hydrogen (secondary N) is 2. The summed E-state index contributed by atoms with van der Waals surface area (Å²) in [5, 5.41) is 6.75. The van der Waals surface area contributed by atoms with Gasteiger partial charge in [0.1, 0.15) is 5.76 Å². The SMILES string of the molecule is CC(C)C(=O)N1CCN(c2ccc(NC(=S)NC(=O)c3ccc(-c4cc(Cl)ccc4Cl)o3)cc2)CC1. The van der Waals surface area contributed by atoms with Crippen molar-refractivity contribution in [2.45, 2.75) is 13.8 Å². The van der Waals surface area contributed by atoms with Crippen molar-refractivity contribution in [1.82, 2.24) is 10.2 Å². The summed E-state index contributed by atoms with van der Waals surface area (Å²) in [5.74, 6) is 0.251. The third-order valence-electron chi connectivity index (χ3n) is 5.83. The van der Waals surface area contributed by atoms with Crippen LogP contribution in [0.4, 0.5) is 11.4 Å². The van der Waals surface area contributed by atoms with E-state index in [-0.39, 0.29) is 22.7 Å². The van der Waals surface area contributed by atoms with Gasteiger partial charge in [0.05, 0.1) is 5.02 Å². The number of halogens is 2. The number of furan rings is 1. The molecule has 36 heavy (non-hydrogen) atoms. The summed E-state index contributed by atoms with van der Waals surface area (Å²) in [6.45, 7) is 6.85. The summed E-state index contributed by atoms with van der Waals surface area (Å²) in [6.07, 6.45) is 0. The Labute approximate surface area is 225 Å². The molecule has 0 radical (unpaired) electrons. The van der Waals surface area contributed by atoms with Crippen LogP contribution in [-0.2, 0) is 4.79 Å². The van der Waals surface area contributed by atoms with Crippen molar-refractivity contribution in [3.8, 4) is 11.3 Å². The predicted octanol–water partition coefficient (Wildman–Crippen LogP) is 5.68. The zero-order chi connectivity index (χ0) is 25.8. The molecule has 7 nitrogen and oxygen atoms in total. The Morgan fingerprint density at radius 2 is 1.67 bits per heavy atom. The molecule has 0 saturated carbocycles. The summed E-state index contributed by atoms with van der Waals surface area (Å²) in [6, 6.07) is 16.0. The average molecular weight is 545 g/mol. The van der Waals surface area contributed by atoms with Crippen molar-refractivity contribution in [1.29, 1.82) is 0 Å². The van der Waals surface area contributed by atoms with Crippen molar-refractivity contribution in [2.75, 3.05) is 36.4 Å². The summed E-state index contributed by atoms with van der Waals surface area (Å²) < 4.78 is 5.66. The molecule has 188 valence electrons. The quantitative estimate of drug-likeness (QED) is 0.402. The molecule has 2 amide bonds. The minimum Gasteiger partial charge on any atom is -0.451 e. The molecule has 1 aromatic heterocycles. The first-order chi connectivity index (χ1) is 17.2. The third kappa shape index (κ3) is 6.19. The molecule has 1 fully saturated rings. The van der Waals surface area contributed by atoms with Crippen LogP contribution in [0.2, 0.25) is 10.0 Å². The lowest BCUT2D eigenvalue weighted by molar-refractivity contribution is -0.134. The molecular formula is C26H26Cl2N4O3S. The minimum absolute atomic E-state index is 0.0162. The van der Waals surface area contributed by atoms with E-state index in [1.165, 1.54) is 0 Å². The van der Waals surface area contributed by atoms with E-state index in [0.717, 1.165) is 24.5 Å². The number of hydrogen-bond donors (Lipinski definition) is 2. The molecule has 1 saturated heterocycles. The Balaban J connectivity index is 1.30. The molecule has 0 unspecified atom stereocenters. The Hall–Kier alpha value is -3.07. The van der Waals surface area contributed by atoms with Crippen LogP contribution in [0.25, 0.3) is 11.3 Å². The van der Waals surface area contributed by atoms with Crippen LogP contribution in [0.15, 0.2) is 59.0 Å². The Kier molecular flexibility index (Phi) is 8.18. The van der Waals surface area contributed by atoms with E-state index in [0.29, 0.717) is 34.5 Å². The summed E-state index contributed by atoms with van der Waals surface area (Å²) in [5.41, 5.74) is 2.40. The van der Waals surface area contributed by atoms with E-state index in [9.17, 15) is 9.59 Å². The largest absolute Gasteiger partial charge is 0.451 e. The van der Waals surface area contributed by atoms with Gasteiger partial charge in [-0.15, -0.1) is 0 Å². The monoisotopic (exact) mass is 544 g/mol. The number of carbonyl (C=O) groups excluding carboxylic acids is 2. The van der Waals surface area contributed by atoms with Crippen molar-refractivity contribution in [3.63, 3.8) is 0 Å². The maximum Gasteiger partial charge on any atom is 0.293 e. The third-order valence-corrected chi connectivity index (χ3v) is 6.60. The number of piperazine rings is 1. The number of amides is 2. The second kappa shape index (κ2) is 11.3. The van der Waals surface area contributed by atoms with Gasteiger partial charge in [-0.05, 0) is 66.8 Å². The topological polar surface area (TPSA) is 77.8 Å². The molecule has 3 aromatic rings. The highest BCUT2D eigenvalue weighted by Crippen LogP contribution is 2.31. The molecule has 1 aliphatic rings. The fourth-order valence-electron chi connectivity index (χ4n) is 3.92. The smallest absolute Gasteiger partial charge is 0.293 e. The molecule has 4 rings (SSSR count). The normalized spacial score (nSPS) is 13.6. The van der Waals surface area contributed by atoms with Crippen LogP contribution in [0.5, 0.6) is 0 Å². The number of nitrogens with zero attached hydrogens (tertiary/aromatic N) is 2. The number of benzene rings is 2. The standard InChI is InChI=1S/C26H26Cl2N4O3S/c1-16(2)25(34)32-13-11-31(12-14-32)19-6-4-18(5-7-19)29-26(36)30-24(33)23-10-9-22(35-23)20-15-17(27)3-8-21(20)28/h3-10,15-16H,11-14H2,1-2H3,(H2,29,30,33,36). The van der Waals surface area contributed by atoms with Gasteiger partial charge in [0.15, 0.2) is 10.9 Å². The van der Waals surface area contributed by atoms with Crippen molar-refractivity contribution in [2.24, 2.45) is 5.92 Å². The van der Waals surface area contributed by atoms with Gasteiger partial charge in [-0.25, -0.2) is 0 Å². The molecule has 0 spiro atoms. The molecule has 2 heterocycles. The zero-order valence-electron chi connectivity index (χ0n) is 19.9. The zero-order valence-corrected chi connectivity index (χ0v) is 22.2. The number of thiocarbonyl (C=S) groups is 1. The van der Waals surface area contributed by atoms with Gasteiger partial charge in [0.2, 0.25) is 5.91 Å². The first-order valence-electron chi connectivity index (χ1n) is 11.5. The van der Waals surface area contributed by atoms with Crippen LogP contribution in [0.1, 0.15) is 24.4 Å². The Morgan fingerprint density at radius 3 is 2.33 bits per heavy atom. The van der Waals surface area contributed by atoms with Crippen LogP contribution in [0.3, 0.4) is 0 Å². The lowest BCUT2D eigenvalue weighted by Gasteiger charge is -2.37. The van der Waals surface area contributed by atoms with Gasteiger partial charge >= 0.3 is 0 Å². The molecule has 2 N–H and O–H groups in total. The molecule has 0 aliphatic carbocycles. The summed E-state index contributed by atoms with van der Waals surface area (Å²) in [7, 11) is 0. The highest BCUT2D eigenvalue weighted by Gasteiger charge is 2.23. The highest BCUT2D eigenvalue weighted by atomic mass is 35.5. The van der Waals surface area contributed by atoms with Gasteiger partial charge < -0.3 is 19.5 Å². The molecule has 10 heteroatoms. The fraction of sp³-hybridized carbons (Fsp3) is 0.269. The Morgan fingerprint density at radius 1 is 0.972 bits per heavy atom. The van der Waals surface area contributed by atoms with Crippen molar-refractivity contribution < 1.29 is 14.0 Å². The van der Waals surface area contributed by atoms with Crippen molar-refractivity contribution in [3.05, 3.63) is 70.4 Å². The van der Waals surface area contributed by atoms with E-state index in [4.69, 9.17) is 39.8 Å². The summed E-state index contributed by atoms with van der Waals surface area (Å²) >= 11 is 17.6. The highest BCUT2D eigenvalue weighted by molar-refractivity contribution is 7.80. The lowest BCUT2D eigenvalue weighted by Crippen LogP contribution is -2.49. The molecular weight excluding hydrogens is 519 g/mol. The lowest BCUT2D eigenvalue weighted by atomic mass is 10.1. The van der Waals surface area contributed by atoms with Crippen LogP contribution in [0, 0.1) is 5.92 Å². The number of anilines is 2. The molecule has 0 atom stereocenters. The van der Waals surface area contributed by atoms with Crippen LogP contribution in [-0.4, -0.2) is 48.0 Å². The van der Waals surface area contributed by atoms with E-state index in [2.05, 4.69) is 15.5 Å². The molecule has 1 aliphatic heterocycles. The Bertz CT molecular complexity index is 1270. The number of carbonyl (C=O) groups is 2. The fourth-order valence-corrected chi connectivity index (χ4v) is 4.52. The minimum atomic E-state index is -0.484. The second-order valence-electron chi connectivity index (χ2n) is 8.71. The van der Waals surface area contributed by atoms with E-state index < -0.39 is 5.91 Å². The summed E-state index contributed by atoms with van der Waals surface area (Å²) in [4.78, 5) is 28.9.